The number of nitrogens with zero attached hydrogens (tertiary/aromatic N) is 1. The van der Waals surface area contributed by atoms with Crippen LogP contribution in [0.2, 0.25) is 0 Å². The Hall–Kier alpha value is -2.69. The van der Waals surface area contributed by atoms with Crippen molar-refractivity contribution >= 4 is 5.91 Å². The molecule has 130 valence electrons. The van der Waals surface area contributed by atoms with Gasteiger partial charge in [0.1, 0.15) is 5.75 Å². The number of carbonyl (C=O) groups excluding carboxylic acids is 1. The van der Waals surface area contributed by atoms with Crippen LogP contribution in [0.15, 0.2) is 42.5 Å². The highest BCUT2D eigenvalue weighted by Crippen LogP contribution is 2.34. The molecule has 1 amide bonds. The Morgan fingerprint density at radius 1 is 1.16 bits per heavy atom. The Morgan fingerprint density at radius 2 is 2.00 bits per heavy atom. The van der Waals surface area contributed by atoms with Gasteiger partial charge in [-0.05, 0) is 24.1 Å². The zero-order valence-electron chi connectivity index (χ0n) is 14.2. The van der Waals surface area contributed by atoms with E-state index in [9.17, 15) is 4.79 Å². The first kappa shape index (κ1) is 15.8. The molecule has 0 spiro atoms. The third-order valence-corrected chi connectivity index (χ3v) is 4.69. The average molecular weight is 339 g/mol. The Morgan fingerprint density at radius 3 is 2.84 bits per heavy atom. The Kier molecular flexibility index (Phi) is 4.22. The zero-order chi connectivity index (χ0) is 17.2. The van der Waals surface area contributed by atoms with Crippen molar-refractivity contribution < 1.29 is 19.0 Å². The molecule has 2 heterocycles. The number of methoxy groups -OCH3 is 1. The van der Waals surface area contributed by atoms with Gasteiger partial charge in [-0.3, -0.25) is 4.79 Å². The summed E-state index contributed by atoms with van der Waals surface area (Å²) in [6.45, 7) is 1.72. The molecule has 4 rings (SSSR count). The van der Waals surface area contributed by atoms with Crippen molar-refractivity contribution in [2.75, 3.05) is 20.3 Å². The number of hydrogen-bond donors (Lipinski definition) is 0. The van der Waals surface area contributed by atoms with E-state index in [-0.39, 0.29) is 5.91 Å². The standard InChI is InChI=1S/C20H21NO4/c1-23-17-9-4-7-15-13-21(10-5-11-24-19(15)17)20(22)18-12-14-6-2-3-8-16(14)25-18/h2-4,6-9,18H,5,10-13H2,1H3/t18-/m0/s1. The smallest absolute Gasteiger partial charge is 0.264 e. The molecule has 5 heteroatoms. The predicted octanol–water partition coefficient (Wildman–Crippen LogP) is 2.81. The van der Waals surface area contributed by atoms with Gasteiger partial charge in [-0.2, -0.15) is 0 Å². The molecule has 1 atom stereocenters. The van der Waals surface area contributed by atoms with E-state index in [0.29, 0.717) is 31.9 Å². The number of fused-ring (bicyclic) bond motifs is 2. The quantitative estimate of drug-likeness (QED) is 0.844. The Balaban J connectivity index is 1.55. The van der Waals surface area contributed by atoms with E-state index in [4.69, 9.17) is 14.2 Å². The number of amides is 1. The summed E-state index contributed by atoms with van der Waals surface area (Å²) in [4.78, 5) is 14.9. The number of para-hydroxylation sites is 2. The molecular formula is C20H21NO4. The molecule has 2 aliphatic rings. The summed E-state index contributed by atoms with van der Waals surface area (Å²) in [7, 11) is 1.63. The van der Waals surface area contributed by atoms with Crippen LogP contribution >= 0.6 is 0 Å². The molecule has 0 bridgehead atoms. The molecule has 0 fully saturated rings. The van der Waals surface area contributed by atoms with Gasteiger partial charge in [-0.1, -0.05) is 30.3 Å². The molecule has 0 N–H and O–H groups in total. The van der Waals surface area contributed by atoms with Crippen molar-refractivity contribution in [2.45, 2.75) is 25.5 Å². The molecule has 0 radical (unpaired) electrons. The molecule has 5 nitrogen and oxygen atoms in total. The van der Waals surface area contributed by atoms with E-state index >= 15 is 0 Å². The first-order chi connectivity index (χ1) is 12.3. The molecule has 25 heavy (non-hydrogen) atoms. The maximum Gasteiger partial charge on any atom is 0.264 e. The number of ether oxygens (including phenoxy) is 3. The summed E-state index contributed by atoms with van der Waals surface area (Å²) in [5, 5.41) is 0. The van der Waals surface area contributed by atoms with Gasteiger partial charge in [0, 0.05) is 25.1 Å². The van der Waals surface area contributed by atoms with Gasteiger partial charge in [0.15, 0.2) is 17.6 Å². The third kappa shape index (κ3) is 3.02. The summed E-state index contributed by atoms with van der Waals surface area (Å²) in [6, 6.07) is 13.6. The topological polar surface area (TPSA) is 48.0 Å². The van der Waals surface area contributed by atoms with E-state index in [2.05, 4.69) is 0 Å². The number of benzene rings is 2. The molecule has 2 aromatic carbocycles. The number of rotatable bonds is 2. The first-order valence-electron chi connectivity index (χ1n) is 8.58. The fraction of sp³-hybridized carbons (Fsp3) is 0.350. The van der Waals surface area contributed by atoms with Crippen LogP contribution in [0.5, 0.6) is 17.2 Å². The van der Waals surface area contributed by atoms with Crippen LogP contribution < -0.4 is 14.2 Å². The molecule has 2 aromatic rings. The lowest BCUT2D eigenvalue weighted by molar-refractivity contribution is -0.138. The first-order valence-corrected chi connectivity index (χ1v) is 8.58. The fourth-order valence-electron chi connectivity index (χ4n) is 3.44. The molecule has 0 unspecified atom stereocenters. The van der Waals surface area contributed by atoms with E-state index < -0.39 is 6.10 Å². The minimum Gasteiger partial charge on any atom is -0.493 e. The number of carbonyl (C=O) groups is 1. The molecule has 0 saturated carbocycles. The molecular weight excluding hydrogens is 318 g/mol. The van der Waals surface area contributed by atoms with Crippen LogP contribution in [-0.2, 0) is 17.8 Å². The molecule has 0 aromatic heterocycles. The van der Waals surface area contributed by atoms with Crippen LogP contribution in [0.25, 0.3) is 0 Å². The van der Waals surface area contributed by atoms with Gasteiger partial charge < -0.3 is 19.1 Å². The normalized spacial score (nSPS) is 18.9. The van der Waals surface area contributed by atoms with Gasteiger partial charge in [0.2, 0.25) is 0 Å². The van der Waals surface area contributed by atoms with E-state index in [1.54, 1.807) is 7.11 Å². The lowest BCUT2D eigenvalue weighted by Crippen LogP contribution is -2.42. The van der Waals surface area contributed by atoms with Gasteiger partial charge in [0.25, 0.3) is 5.91 Å². The second kappa shape index (κ2) is 6.67. The van der Waals surface area contributed by atoms with Gasteiger partial charge in [-0.15, -0.1) is 0 Å². The third-order valence-electron chi connectivity index (χ3n) is 4.69. The monoisotopic (exact) mass is 339 g/mol. The SMILES string of the molecule is COc1cccc2c1OCCCN(C(=O)[C@@H]1Cc3ccccc3O1)C2. The van der Waals surface area contributed by atoms with Crippen molar-refractivity contribution in [3.8, 4) is 17.2 Å². The maximum atomic E-state index is 13.0. The molecule has 0 saturated heterocycles. The Labute approximate surface area is 147 Å². The average Bonchev–Trinajstić information content (AvgIpc) is 3.05. The minimum absolute atomic E-state index is 0.0341. The highest BCUT2D eigenvalue weighted by molar-refractivity contribution is 5.82. The van der Waals surface area contributed by atoms with Crippen LogP contribution in [0.4, 0.5) is 0 Å². The van der Waals surface area contributed by atoms with Crippen molar-refractivity contribution in [3.05, 3.63) is 53.6 Å². The van der Waals surface area contributed by atoms with Crippen LogP contribution in [0.3, 0.4) is 0 Å². The summed E-state index contributed by atoms with van der Waals surface area (Å²) >= 11 is 0. The van der Waals surface area contributed by atoms with Crippen LogP contribution in [0.1, 0.15) is 17.5 Å². The maximum absolute atomic E-state index is 13.0. The minimum atomic E-state index is -0.438. The van der Waals surface area contributed by atoms with E-state index in [0.717, 1.165) is 29.0 Å². The van der Waals surface area contributed by atoms with Crippen molar-refractivity contribution in [2.24, 2.45) is 0 Å². The van der Waals surface area contributed by atoms with Gasteiger partial charge >= 0.3 is 0 Å². The fourth-order valence-corrected chi connectivity index (χ4v) is 3.44. The highest BCUT2D eigenvalue weighted by Gasteiger charge is 2.33. The highest BCUT2D eigenvalue weighted by atomic mass is 16.5. The van der Waals surface area contributed by atoms with Gasteiger partial charge in [0.05, 0.1) is 13.7 Å². The number of hydrogen-bond acceptors (Lipinski definition) is 4. The summed E-state index contributed by atoms with van der Waals surface area (Å²) in [5.74, 6) is 2.29. The lowest BCUT2D eigenvalue weighted by atomic mass is 10.1. The second-order valence-electron chi connectivity index (χ2n) is 6.33. The lowest BCUT2D eigenvalue weighted by Gasteiger charge is -2.29. The van der Waals surface area contributed by atoms with E-state index in [1.807, 2.05) is 47.4 Å². The van der Waals surface area contributed by atoms with Crippen LogP contribution in [-0.4, -0.2) is 37.2 Å². The van der Waals surface area contributed by atoms with Crippen LogP contribution in [0, 0.1) is 0 Å². The predicted molar refractivity (Wildman–Crippen MR) is 93.1 cm³/mol. The Bertz CT molecular complexity index is 764. The summed E-state index contributed by atoms with van der Waals surface area (Å²) < 4.78 is 17.1. The summed E-state index contributed by atoms with van der Waals surface area (Å²) in [5.41, 5.74) is 2.06. The largest absolute Gasteiger partial charge is 0.493 e. The molecule has 2 aliphatic heterocycles. The van der Waals surface area contributed by atoms with Crippen molar-refractivity contribution in [1.29, 1.82) is 0 Å². The van der Waals surface area contributed by atoms with Gasteiger partial charge in [-0.25, -0.2) is 0 Å². The van der Waals surface area contributed by atoms with Crippen molar-refractivity contribution in [3.63, 3.8) is 0 Å². The van der Waals surface area contributed by atoms with E-state index in [1.165, 1.54) is 0 Å². The zero-order valence-corrected chi connectivity index (χ0v) is 14.2. The summed E-state index contributed by atoms with van der Waals surface area (Å²) in [6.07, 6.45) is 0.974. The molecule has 0 aliphatic carbocycles. The van der Waals surface area contributed by atoms with Crippen molar-refractivity contribution in [1.82, 2.24) is 4.90 Å². The second-order valence-corrected chi connectivity index (χ2v) is 6.33.